The van der Waals surface area contributed by atoms with Crippen molar-refractivity contribution in [3.8, 4) is 0 Å². The molecule has 1 aromatic rings. The highest BCUT2D eigenvalue weighted by Crippen LogP contribution is 2.10. The van der Waals surface area contributed by atoms with Crippen molar-refractivity contribution in [3.05, 3.63) is 38.0 Å². The summed E-state index contributed by atoms with van der Waals surface area (Å²) in [5, 5.41) is 0. The van der Waals surface area contributed by atoms with Crippen LogP contribution in [0.25, 0.3) is 6.08 Å². The summed E-state index contributed by atoms with van der Waals surface area (Å²) in [6, 6.07) is 3.17. The first kappa shape index (κ1) is 9.51. The third kappa shape index (κ3) is 2.48. The summed E-state index contributed by atoms with van der Waals surface area (Å²) in [6.07, 6.45) is 4.72. The van der Waals surface area contributed by atoms with Gasteiger partial charge in [-0.1, -0.05) is 13.0 Å². The molecule has 0 spiro atoms. The fourth-order valence-electron chi connectivity index (χ4n) is 0.753. The van der Waals surface area contributed by atoms with E-state index in [0.29, 0.717) is 5.76 Å². The highest BCUT2D eigenvalue weighted by molar-refractivity contribution is 14.1. The molecule has 2 nitrogen and oxygen atoms in total. The van der Waals surface area contributed by atoms with Crippen LogP contribution in [-0.2, 0) is 0 Å². The van der Waals surface area contributed by atoms with Crippen LogP contribution >= 0.6 is 22.6 Å². The molecule has 0 atom stereocenters. The Balaban J connectivity index is 3.05. The van der Waals surface area contributed by atoms with Crippen LogP contribution in [0.2, 0.25) is 0 Å². The fraction of sp³-hybridized carbons (Fsp3) is 0.222. The Morgan fingerprint density at radius 3 is 3.00 bits per heavy atom. The van der Waals surface area contributed by atoms with Gasteiger partial charge in [0, 0.05) is 6.07 Å². The molecule has 0 aromatic carbocycles. The topological polar surface area (TPSA) is 30.2 Å². The van der Waals surface area contributed by atoms with E-state index in [1.54, 1.807) is 6.07 Å². The van der Waals surface area contributed by atoms with E-state index < -0.39 is 0 Å². The molecule has 0 saturated carbocycles. The van der Waals surface area contributed by atoms with E-state index in [2.05, 4.69) is 22.6 Å². The lowest BCUT2D eigenvalue weighted by Crippen LogP contribution is -1.97. The van der Waals surface area contributed by atoms with Gasteiger partial charge in [-0.25, -0.2) is 4.79 Å². The van der Waals surface area contributed by atoms with Gasteiger partial charge in [-0.3, -0.25) is 0 Å². The number of hydrogen-bond acceptors (Lipinski definition) is 2. The number of rotatable bonds is 2. The average Bonchev–Trinajstić information content (AvgIpc) is 2.07. The number of hydrogen-bond donors (Lipinski definition) is 0. The minimum absolute atomic E-state index is 0.300. The molecule has 3 heteroatoms. The second-order valence-electron chi connectivity index (χ2n) is 2.28. The van der Waals surface area contributed by atoms with E-state index >= 15 is 0 Å². The third-order valence-electron chi connectivity index (χ3n) is 1.32. The van der Waals surface area contributed by atoms with Crippen molar-refractivity contribution in [2.24, 2.45) is 0 Å². The van der Waals surface area contributed by atoms with Gasteiger partial charge in [0.05, 0.1) is 3.57 Å². The van der Waals surface area contributed by atoms with E-state index in [4.69, 9.17) is 4.42 Å². The van der Waals surface area contributed by atoms with Gasteiger partial charge in [0.2, 0.25) is 0 Å². The van der Waals surface area contributed by atoms with Crippen molar-refractivity contribution >= 4 is 28.7 Å². The molecule has 0 N–H and O–H groups in total. The summed E-state index contributed by atoms with van der Waals surface area (Å²) in [7, 11) is 0. The largest absolute Gasteiger partial charge is 0.422 e. The van der Waals surface area contributed by atoms with Crippen molar-refractivity contribution in [2.75, 3.05) is 0 Å². The van der Waals surface area contributed by atoms with E-state index in [1.807, 2.05) is 19.1 Å². The summed E-state index contributed by atoms with van der Waals surface area (Å²) in [4.78, 5) is 10.8. The van der Waals surface area contributed by atoms with Gasteiger partial charge in [-0.15, -0.1) is 0 Å². The predicted octanol–water partition coefficient (Wildman–Crippen LogP) is 2.67. The SMILES string of the molecule is CC/C=C/c1oc(=O)ccc1I. The molecule has 0 bridgehead atoms. The van der Waals surface area contributed by atoms with Gasteiger partial charge in [-0.2, -0.15) is 0 Å². The lowest BCUT2D eigenvalue weighted by Gasteiger charge is -1.93. The van der Waals surface area contributed by atoms with Crippen molar-refractivity contribution < 1.29 is 4.42 Å². The molecule has 0 aliphatic heterocycles. The summed E-state index contributed by atoms with van der Waals surface area (Å²) < 4.78 is 5.92. The maximum Gasteiger partial charge on any atom is 0.336 e. The lowest BCUT2D eigenvalue weighted by atomic mass is 10.3. The quantitative estimate of drug-likeness (QED) is 0.777. The van der Waals surface area contributed by atoms with Crippen LogP contribution in [0.3, 0.4) is 0 Å². The third-order valence-corrected chi connectivity index (χ3v) is 2.21. The zero-order valence-corrected chi connectivity index (χ0v) is 8.87. The molecule has 1 heterocycles. The Bertz CT molecular complexity index is 339. The molecule has 0 aliphatic rings. The summed E-state index contributed by atoms with van der Waals surface area (Å²) in [5.74, 6) is 0.643. The Kier molecular flexibility index (Phi) is 3.52. The lowest BCUT2D eigenvalue weighted by molar-refractivity contribution is 0.497. The zero-order chi connectivity index (χ0) is 8.97. The first-order chi connectivity index (χ1) is 5.74. The molecule has 0 unspecified atom stereocenters. The molecule has 1 aromatic heterocycles. The van der Waals surface area contributed by atoms with Crippen LogP contribution in [0.5, 0.6) is 0 Å². The maximum atomic E-state index is 10.8. The molecule has 12 heavy (non-hydrogen) atoms. The molecule has 0 amide bonds. The highest BCUT2D eigenvalue weighted by atomic mass is 127. The first-order valence-electron chi connectivity index (χ1n) is 3.70. The molecule has 0 fully saturated rings. The Labute approximate surface area is 84.4 Å². The maximum absolute atomic E-state index is 10.8. The van der Waals surface area contributed by atoms with E-state index in [1.165, 1.54) is 6.07 Å². The van der Waals surface area contributed by atoms with E-state index in [-0.39, 0.29) is 5.63 Å². The zero-order valence-electron chi connectivity index (χ0n) is 6.71. The van der Waals surface area contributed by atoms with Crippen LogP contribution in [-0.4, -0.2) is 0 Å². The Morgan fingerprint density at radius 1 is 1.58 bits per heavy atom. The van der Waals surface area contributed by atoms with Gasteiger partial charge in [0.25, 0.3) is 0 Å². The minimum Gasteiger partial charge on any atom is -0.422 e. The van der Waals surface area contributed by atoms with Crippen LogP contribution < -0.4 is 5.63 Å². The molecular formula is C9H9IO2. The number of allylic oxidation sites excluding steroid dienone is 1. The standard InChI is InChI=1S/C9H9IO2/c1-2-3-4-8-7(10)5-6-9(11)12-8/h3-6H,2H2,1H3/b4-3+. The van der Waals surface area contributed by atoms with Gasteiger partial charge >= 0.3 is 5.63 Å². The second-order valence-corrected chi connectivity index (χ2v) is 3.44. The minimum atomic E-state index is -0.300. The molecular weight excluding hydrogens is 267 g/mol. The van der Waals surface area contributed by atoms with Crippen LogP contribution in [0.1, 0.15) is 19.1 Å². The van der Waals surface area contributed by atoms with E-state index in [9.17, 15) is 4.79 Å². The normalized spacial score (nSPS) is 10.8. The summed E-state index contributed by atoms with van der Waals surface area (Å²) in [5.41, 5.74) is -0.300. The van der Waals surface area contributed by atoms with Gasteiger partial charge < -0.3 is 4.42 Å². The molecule has 0 radical (unpaired) electrons. The predicted molar refractivity (Wildman–Crippen MR) is 57.0 cm³/mol. The van der Waals surface area contributed by atoms with Crippen molar-refractivity contribution in [1.82, 2.24) is 0 Å². The number of halogens is 1. The van der Waals surface area contributed by atoms with Crippen LogP contribution in [0, 0.1) is 3.57 Å². The average molecular weight is 276 g/mol. The molecule has 64 valence electrons. The summed E-state index contributed by atoms with van der Waals surface area (Å²) in [6.45, 7) is 2.03. The Hall–Kier alpha value is -0.580. The van der Waals surface area contributed by atoms with Crippen molar-refractivity contribution in [1.29, 1.82) is 0 Å². The fourth-order valence-corrected chi connectivity index (χ4v) is 1.22. The van der Waals surface area contributed by atoms with Gasteiger partial charge in [0.1, 0.15) is 5.76 Å². The van der Waals surface area contributed by atoms with Gasteiger partial charge in [-0.05, 0) is 41.2 Å². The highest BCUT2D eigenvalue weighted by Gasteiger charge is 1.97. The van der Waals surface area contributed by atoms with Crippen LogP contribution in [0.4, 0.5) is 0 Å². The van der Waals surface area contributed by atoms with Crippen LogP contribution in [0.15, 0.2) is 27.4 Å². The second kappa shape index (κ2) is 4.45. The first-order valence-corrected chi connectivity index (χ1v) is 4.78. The molecule has 0 aliphatic carbocycles. The van der Waals surface area contributed by atoms with Crippen molar-refractivity contribution in [2.45, 2.75) is 13.3 Å². The molecule has 1 rings (SSSR count). The smallest absolute Gasteiger partial charge is 0.336 e. The van der Waals surface area contributed by atoms with E-state index in [0.717, 1.165) is 9.99 Å². The molecule has 0 saturated heterocycles. The monoisotopic (exact) mass is 276 g/mol. The van der Waals surface area contributed by atoms with Gasteiger partial charge in [0.15, 0.2) is 0 Å². The van der Waals surface area contributed by atoms with Crippen molar-refractivity contribution in [3.63, 3.8) is 0 Å². The summed E-state index contributed by atoms with van der Waals surface area (Å²) >= 11 is 2.13. The Morgan fingerprint density at radius 2 is 2.33 bits per heavy atom.